The lowest BCUT2D eigenvalue weighted by molar-refractivity contribution is -0.142. The SMILES string of the molecule is CC(C)COC(C)c1noc(CN2CCCC2C(=O)O)n1. The Morgan fingerprint density at radius 3 is 2.95 bits per heavy atom. The van der Waals surface area contributed by atoms with Crippen molar-refractivity contribution in [2.45, 2.75) is 52.3 Å². The topological polar surface area (TPSA) is 88.7 Å². The summed E-state index contributed by atoms with van der Waals surface area (Å²) in [6, 6.07) is -0.449. The Labute approximate surface area is 124 Å². The van der Waals surface area contributed by atoms with Crippen LogP contribution in [0.4, 0.5) is 0 Å². The Morgan fingerprint density at radius 2 is 2.29 bits per heavy atom. The smallest absolute Gasteiger partial charge is 0.320 e. The van der Waals surface area contributed by atoms with Crippen molar-refractivity contribution in [3.63, 3.8) is 0 Å². The molecule has 7 heteroatoms. The molecule has 1 aliphatic rings. The van der Waals surface area contributed by atoms with Gasteiger partial charge in [-0.15, -0.1) is 0 Å². The van der Waals surface area contributed by atoms with Gasteiger partial charge >= 0.3 is 5.97 Å². The summed E-state index contributed by atoms with van der Waals surface area (Å²) in [5.41, 5.74) is 0. The van der Waals surface area contributed by atoms with Crippen LogP contribution in [0.1, 0.15) is 51.4 Å². The molecule has 2 heterocycles. The van der Waals surface area contributed by atoms with E-state index in [9.17, 15) is 4.79 Å². The van der Waals surface area contributed by atoms with Gasteiger partial charge in [-0.25, -0.2) is 0 Å². The summed E-state index contributed by atoms with van der Waals surface area (Å²) in [5.74, 6) is 0.607. The molecular weight excluding hydrogens is 274 g/mol. The molecule has 0 saturated carbocycles. The molecule has 2 rings (SSSR count). The highest BCUT2D eigenvalue weighted by atomic mass is 16.5. The third-order valence-corrected chi connectivity index (χ3v) is 3.51. The van der Waals surface area contributed by atoms with Crippen LogP contribution in [0.2, 0.25) is 0 Å². The van der Waals surface area contributed by atoms with Gasteiger partial charge in [-0.2, -0.15) is 4.98 Å². The molecule has 0 radical (unpaired) electrons. The van der Waals surface area contributed by atoms with E-state index >= 15 is 0 Å². The van der Waals surface area contributed by atoms with Crippen molar-refractivity contribution in [2.75, 3.05) is 13.2 Å². The maximum atomic E-state index is 11.1. The number of nitrogens with zero attached hydrogens (tertiary/aromatic N) is 3. The average Bonchev–Trinajstić information content (AvgIpc) is 3.05. The van der Waals surface area contributed by atoms with Gasteiger partial charge in [0, 0.05) is 6.61 Å². The average molecular weight is 297 g/mol. The van der Waals surface area contributed by atoms with Gasteiger partial charge in [-0.3, -0.25) is 9.69 Å². The van der Waals surface area contributed by atoms with E-state index in [1.54, 1.807) is 0 Å². The molecule has 2 atom stereocenters. The molecule has 1 aliphatic heterocycles. The van der Waals surface area contributed by atoms with E-state index < -0.39 is 12.0 Å². The normalized spacial score (nSPS) is 21.0. The molecule has 0 aromatic carbocycles. The minimum Gasteiger partial charge on any atom is -0.480 e. The van der Waals surface area contributed by atoms with E-state index in [1.165, 1.54) is 0 Å². The number of hydrogen-bond acceptors (Lipinski definition) is 6. The van der Waals surface area contributed by atoms with Crippen LogP contribution < -0.4 is 0 Å². The molecule has 7 nitrogen and oxygen atoms in total. The van der Waals surface area contributed by atoms with E-state index in [0.717, 1.165) is 13.0 Å². The van der Waals surface area contributed by atoms with Crippen molar-refractivity contribution in [1.82, 2.24) is 15.0 Å². The molecule has 0 bridgehead atoms. The summed E-state index contributed by atoms with van der Waals surface area (Å²) in [5, 5.41) is 13.1. The van der Waals surface area contributed by atoms with Crippen LogP contribution >= 0.6 is 0 Å². The first-order chi connectivity index (χ1) is 9.97. The number of ether oxygens (including phenoxy) is 1. The van der Waals surface area contributed by atoms with Gasteiger partial charge in [-0.05, 0) is 32.2 Å². The molecule has 0 aliphatic carbocycles. The maximum Gasteiger partial charge on any atom is 0.320 e. The maximum absolute atomic E-state index is 11.1. The quantitative estimate of drug-likeness (QED) is 0.821. The zero-order valence-electron chi connectivity index (χ0n) is 12.8. The number of carbonyl (C=O) groups is 1. The number of hydrogen-bond donors (Lipinski definition) is 1. The fourth-order valence-electron chi connectivity index (χ4n) is 2.38. The molecule has 1 fully saturated rings. The lowest BCUT2D eigenvalue weighted by Gasteiger charge is -2.18. The minimum absolute atomic E-state index is 0.223. The monoisotopic (exact) mass is 297 g/mol. The molecule has 0 spiro atoms. The van der Waals surface area contributed by atoms with Crippen molar-refractivity contribution < 1.29 is 19.2 Å². The van der Waals surface area contributed by atoms with Crippen molar-refractivity contribution >= 4 is 5.97 Å². The van der Waals surface area contributed by atoms with Crippen molar-refractivity contribution in [3.8, 4) is 0 Å². The van der Waals surface area contributed by atoms with Crippen LogP contribution in [0.25, 0.3) is 0 Å². The first-order valence-corrected chi connectivity index (χ1v) is 7.38. The van der Waals surface area contributed by atoms with Crippen molar-refractivity contribution in [2.24, 2.45) is 5.92 Å². The lowest BCUT2D eigenvalue weighted by atomic mass is 10.2. The molecule has 0 amide bonds. The lowest BCUT2D eigenvalue weighted by Crippen LogP contribution is -2.35. The number of likely N-dealkylation sites (tertiary alicyclic amines) is 1. The Balaban J connectivity index is 1.92. The zero-order valence-corrected chi connectivity index (χ0v) is 12.8. The predicted molar refractivity (Wildman–Crippen MR) is 74.6 cm³/mol. The molecule has 2 unspecified atom stereocenters. The fourth-order valence-corrected chi connectivity index (χ4v) is 2.38. The van der Waals surface area contributed by atoms with E-state index in [1.807, 2.05) is 11.8 Å². The third kappa shape index (κ3) is 4.25. The van der Waals surface area contributed by atoms with Crippen LogP contribution in [0.5, 0.6) is 0 Å². The summed E-state index contributed by atoms with van der Waals surface area (Å²) < 4.78 is 10.8. The van der Waals surface area contributed by atoms with Crippen LogP contribution in [0, 0.1) is 5.92 Å². The summed E-state index contributed by atoms with van der Waals surface area (Å²) in [4.78, 5) is 17.3. The Kier molecular flexibility index (Phi) is 5.30. The van der Waals surface area contributed by atoms with Gasteiger partial charge in [0.15, 0.2) is 5.82 Å². The molecule has 1 aromatic heterocycles. The number of rotatable bonds is 7. The molecular formula is C14H23N3O4. The molecule has 1 saturated heterocycles. The standard InChI is InChI=1S/C14H23N3O4/c1-9(2)8-20-10(3)13-15-12(21-16-13)7-17-6-4-5-11(17)14(18)19/h9-11H,4-8H2,1-3H3,(H,18,19). The van der Waals surface area contributed by atoms with Crippen LogP contribution in [0.15, 0.2) is 4.52 Å². The van der Waals surface area contributed by atoms with Gasteiger partial charge in [0.05, 0.1) is 6.54 Å². The summed E-state index contributed by atoms with van der Waals surface area (Å²) >= 11 is 0. The largest absolute Gasteiger partial charge is 0.480 e. The first kappa shape index (κ1) is 15.9. The van der Waals surface area contributed by atoms with Crippen LogP contribution in [0.3, 0.4) is 0 Å². The summed E-state index contributed by atoms with van der Waals surface area (Å²) in [6.07, 6.45) is 1.33. The number of carboxylic acid groups (broad SMARTS) is 1. The number of carboxylic acids is 1. The van der Waals surface area contributed by atoms with E-state index in [-0.39, 0.29) is 6.10 Å². The van der Waals surface area contributed by atoms with Crippen LogP contribution in [-0.2, 0) is 16.1 Å². The van der Waals surface area contributed by atoms with E-state index in [0.29, 0.717) is 37.2 Å². The minimum atomic E-state index is -0.791. The second-order valence-electron chi connectivity index (χ2n) is 5.88. The Morgan fingerprint density at radius 1 is 1.52 bits per heavy atom. The zero-order chi connectivity index (χ0) is 15.4. The number of aromatic nitrogens is 2. The third-order valence-electron chi connectivity index (χ3n) is 3.51. The predicted octanol–water partition coefficient (Wildman–Crippen LogP) is 1.85. The summed E-state index contributed by atoms with van der Waals surface area (Å²) in [7, 11) is 0. The molecule has 21 heavy (non-hydrogen) atoms. The van der Waals surface area contributed by atoms with Crippen molar-refractivity contribution in [3.05, 3.63) is 11.7 Å². The highest BCUT2D eigenvalue weighted by Gasteiger charge is 2.31. The van der Waals surface area contributed by atoms with Gasteiger partial charge in [0.2, 0.25) is 5.89 Å². The second-order valence-corrected chi connectivity index (χ2v) is 5.88. The summed E-state index contributed by atoms with van der Waals surface area (Å²) in [6.45, 7) is 7.79. The van der Waals surface area contributed by atoms with Crippen molar-refractivity contribution in [1.29, 1.82) is 0 Å². The Hall–Kier alpha value is -1.47. The molecule has 1 N–H and O–H groups in total. The van der Waals surface area contributed by atoms with Gasteiger partial charge in [0.1, 0.15) is 12.1 Å². The highest BCUT2D eigenvalue weighted by molar-refractivity contribution is 5.73. The number of aliphatic carboxylic acids is 1. The molecule has 1 aromatic rings. The fraction of sp³-hybridized carbons (Fsp3) is 0.786. The second kappa shape index (κ2) is 7.00. The highest BCUT2D eigenvalue weighted by Crippen LogP contribution is 2.21. The van der Waals surface area contributed by atoms with Gasteiger partial charge in [0.25, 0.3) is 0 Å². The van der Waals surface area contributed by atoms with Gasteiger partial charge in [-0.1, -0.05) is 19.0 Å². The van der Waals surface area contributed by atoms with E-state index in [4.69, 9.17) is 14.4 Å². The first-order valence-electron chi connectivity index (χ1n) is 7.38. The van der Waals surface area contributed by atoms with E-state index in [2.05, 4.69) is 24.0 Å². The van der Waals surface area contributed by atoms with Crippen LogP contribution in [-0.4, -0.2) is 45.3 Å². The molecule has 118 valence electrons. The Bertz CT molecular complexity index is 475. The van der Waals surface area contributed by atoms with Gasteiger partial charge < -0.3 is 14.4 Å².